The van der Waals surface area contributed by atoms with Crippen LogP contribution in [0.15, 0.2) is 0 Å². The van der Waals surface area contributed by atoms with Gasteiger partial charge in [-0.1, -0.05) is 6.42 Å². The van der Waals surface area contributed by atoms with Crippen LogP contribution in [0.4, 0.5) is 13.2 Å². The number of rotatable bonds is 0. The third-order valence-corrected chi connectivity index (χ3v) is 5.42. The second-order valence-electron chi connectivity index (χ2n) is 3.03. The maximum atomic E-state index is 12.3. The van der Waals surface area contributed by atoms with E-state index in [1.54, 1.807) is 0 Å². The van der Waals surface area contributed by atoms with Crippen LogP contribution in [0.5, 0.6) is 0 Å². The highest BCUT2D eigenvalue weighted by Crippen LogP contribution is 2.36. The molecule has 0 spiro atoms. The van der Waals surface area contributed by atoms with Crippen LogP contribution in [0.25, 0.3) is 0 Å². The van der Waals surface area contributed by atoms with Gasteiger partial charge in [-0.2, -0.15) is 13.2 Å². The lowest BCUT2D eigenvalue weighted by atomic mass is 10.4. The first-order valence-corrected chi connectivity index (χ1v) is 6.28. The van der Waals surface area contributed by atoms with Crippen LogP contribution in [0.1, 0.15) is 12.8 Å². The van der Waals surface area contributed by atoms with Gasteiger partial charge in [-0.05, 0) is 19.0 Å². The average Bonchev–Trinajstić information content (AvgIpc) is 1.87. The van der Waals surface area contributed by atoms with Gasteiger partial charge in [0.05, 0.1) is 0 Å². The summed E-state index contributed by atoms with van der Waals surface area (Å²) < 4.78 is 41.6. The van der Waals surface area contributed by atoms with Crippen molar-refractivity contribution in [2.24, 2.45) is 0 Å². The lowest BCUT2D eigenvalue weighted by Crippen LogP contribution is -2.52. The average molecular weight is 184 g/mol. The third kappa shape index (κ3) is 1.76. The van der Waals surface area contributed by atoms with Gasteiger partial charge >= 0.3 is 14.1 Å². The molecular weight excluding hydrogens is 173 g/mol. The minimum absolute atomic E-state index is 0.233. The van der Waals surface area contributed by atoms with E-state index in [-0.39, 0.29) is 6.04 Å². The van der Waals surface area contributed by atoms with Crippen molar-refractivity contribution < 1.29 is 17.6 Å². The van der Waals surface area contributed by atoms with E-state index >= 15 is 0 Å². The molecule has 1 fully saturated rings. The summed E-state index contributed by atoms with van der Waals surface area (Å²) >= 11 is 0. The molecule has 11 heavy (non-hydrogen) atoms. The smallest absolute Gasteiger partial charge is 0.388 e. The molecule has 66 valence electrons. The summed E-state index contributed by atoms with van der Waals surface area (Å²) in [4.78, 5) is 0. The van der Waals surface area contributed by atoms with Gasteiger partial charge in [-0.25, -0.2) is 0 Å². The molecule has 0 radical (unpaired) electrons. The molecule has 1 nitrogen and oxygen atoms in total. The fourth-order valence-electron chi connectivity index (χ4n) is 1.16. The fraction of sp³-hybridized carbons (Fsp3) is 1.00. The van der Waals surface area contributed by atoms with E-state index in [2.05, 4.69) is 0 Å². The van der Waals surface area contributed by atoms with Gasteiger partial charge in [0.1, 0.15) is 0 Å². The van der Waals surface area contributed by atoms with Gasteiger partial charge in [0, 0.05) is 6.61 Å². The number of halogens is 3. The molecule has 0 saturated carbocycles. The van der Waals surface area contributed by atoms with E-state index in [4.69, 9.17) is 4.43 Å². The lowest BCUT2D eigenvalue weighted by Gasteiger charge is -2.32. The van der Waals surface area contributed by atoms with E-state index in [1.807, 2.05) is 0 Å². The van der Waals surface area contributed by atoms with Crippen molar-refractivity contribution in [1.82, 2.24) is 0 Å². The van der Waals surface area contributed by atoms with E-state index < -0.39 is 14.1 Å². The third-order valence-electron chi connectivity index (χ3n) is 2.07. The van der Waals surface area contributed by atoms with Crippen LogP contribution < -0.4 is 0 Å². The zero-order valence-corrected chi connectivity index (χ0v) is 7.37. The second kappa shape index (κ2) is 2.78. The van der Waals surface area contributed by atoms with Crippen LogP contribution in [-0.2, 0) is 4.43 Å². The van der Waals surface area contributed by atoms with Crippen LogP contribution in [0.2, 0.25) is 12.6 Å². The zero-order chi connectivity index (χ0) is 8.54. The van der Waals surface area contributed by atoms with E-state index in [9.17, 15) is 13.2 Å². The summed E-state index contributed by atoms with van der Waals surface area (Å²) in [6.07, 6.45) is 1.45. The molecule has 1 heterocycles. The molecule has 0 amide bonds. The van der Waals surface area contributed by atoms with Crippen LogP contribution in [0, 0.1) is 0 Å². The van der Waals surface area contributed by atoms with Gasteiger partial charge < -0.3 is 4.43 Å². The Morgan fingerprint density at radius 1 is 1.27 bits per heavy atom. The Bertz CT molecular complexity index is 139. The largest absolute Gasteiger partial charge is 0.408 e. The highest BCUT2D eigenvalue weighted by atomic mass is 28.4. The van der Waals surface area contributed by atoms with Crippen LogP contribution in [-0.4, -0.2) is 20.7 Å². The molecule has 5 heteroatoms. The Morgan fingerprint density at radius 2 is 1.91 bits per heavy atom. The van der Waals surface area contributed by atoms with Gasteiger partial charge in [0.25, 0.3) is 0 Å². The lowest BCUT2D eigenvalue weighted by molar-refractivity contribution is -0.0763. The quantitative estimate of drug-likeness (QED) is 0.525. The van der Waals surface area contributed by atoms with Crippen molar-refractivity contribution in [1.29, 1.82) is 0 Å². The summed E-state index contributed by atoms with van der Waals surface area (Å²) in [5.74, 6) is -4.08. The van der Waals surface area contributed by atoms with Crippen molar-refractivity contribution in [2.45, 2.75) is 31.2 Å². The van der Waals surface area contributed by atoms with Gasteiger partial charge in [-0.3, -0.25) is 0 Å². The number of alkyl halides is 3. The van der Waals surface area contributed by atoms with Gasteiger partial charge in [-0.15, -0.1) is 0 Å². The van der Waals surface area contributed by atoms with Crippen molar-refractivity contribution >= 4 is 8.32 Å². The van der Waals surface area contributed by atoms with Gasteiger partial charge in [0.2, 0.25) is 0 Å². The van der Waals surface area contributed by atoms with E-state index in [0.717, 1.165) is 6.42 Å². The monoisotopic (exact) mass is 184 g/mol. The molecule has 0 N–H and O–H groups in total. The molecule has 1 aliphatic rings. The minimum atomic E-state index is -4.08. The summed E-state index contributed by atoms with van der Waals surface area (Å²) in [7, 11) is -3.34. The molecule has 1 saturated heterocycles. The fourth-order valence-corrected chi connectivity index (χ4v) is 3.27. The van der Waals surface area contributed by atoms with E-state index in [0.29, 0.717) is 13.0 Å². The maximum Gasteiger partial charge on any atom is 0.388 e. The molecular formula is C6H11F3OSi. The first-order chi connectivity index (χ1) is 4.96. The molecule has 1 unspecified atom stereocenters. The zero-order valence-electron chi connectivity index (χ0n) is 6.37. The molecule has 0 aliphatic carbocycles. The van der Waals surface area contributed by atoms with Crippen molar-refractivity contribution in [3.05, 3.63) is 0 Å². The predicted octanol–water partition coefficient (Wildman–Crippen LogP) is 2.47. The number of hydrogen-bond donors (Lipinski definition) is 0. The standard InChI is InChI=1S/C6H11F3OSi/c1-11(6(7,8)9)5-3-2-4-10-11/h2-5H2,1H3. The topological polar surface area (TPSA) is 9.23 Å². The second-order valence-corrected chi connectivity index (χ2v) is 6.85. The minimum Gasteiger partial charge on any atom is -0.408 e. The van der Waals surface area contributed by atoms with Gasteiger partial charge in [0.15, 0.2) is 0 Å². The first-order valence-electron chi connectivity index (χ1n) is 3.66. The highest BCUT2D eigenvalue weighted by Gasteiger charge is 2.56. The molecule has 0 aromatic carbocycles. The predicted molar refractivity (Wildman–Crippen MR) is 37.7 cm³/mol. The Morgan fingerprint density at radius 3 is 2.18 bits per heavy atom. The summed E-state index contributed by atoms with van der Waals surface area (Å²) in [6.45, 7) is 1.55. The molecule has 0 bridgehead atoms. The Hall–Kier alpha value is -0.0331. The van der Waals surface area contributed by atoms with Crippen molar-refractivity contribution in [2.75, 3.05) is 6.61 Å². The summed E-state index contributed by atoms with van der Waals surface area (Å²) in [5.41, 5.74) is 0. The summed E-state index contributed by atoms with van der Waals surface area (Å²) in [6, 6.07) is 0.233. The first kappa shape index (κ1) is 9.06. The molecule has 0 aromatic heterocycles. The SMILES string of the molecule is C[Si]1(C(F)(F)F)CCCCO1. The number of hydrogen-bond acceptors (Lipinski definition) is 1. The Kier molecular flexibility index (Phi) is 2.29. The van der Waals surface area contributed by atoms with Crippen LogP contribution >= 0.6 is 0 Å². The van der Waals surface area contributed by atoms with Crippen molar-refractivity contribution in [3.8, 4) is 0 Å². The summed E-state index contributed by atoms with van der Waals surface area (Å²) in [5, 5.41) is 0. The molecule has 1 aliphatic heterocycles. The molecule has 0 aromatic rings. The highest BCUT2D eigenvalue weighted by molar-refractivity contribution is 6.74. The molecule has 1 atom stereocenters. The Balaban J connectivity index is 2.64. The maximum absolute atomic E-state index is 12.3. The Labute approximate surface area is 64.7 Å². The normalized spacial score (nSPS) is 33.8. The van der Waals surface area contributed by atoms with E-state index in [1.165, 1.54) is 6.55 Å². The van der Waals surface area contributed by atoms with Crippen LogP contribution in [0.3, 0.4) is 0 Å². The molecule has 1 rings (SSSR count). The van der Waals surface area contributed by atoms with Crippen molar-refractivity contribution in [3.63, 3.8) is 0 Å².